The first-order chi connectivity index (χ1) is 15.3. The maximum atomic E-state index is 10.3. The van der Waals surface area contributed by atoms with Gasteiger partial charge in [0.05, 0.1) is 13.2 Å². The average Bonchev–Trinajstić information content (AvgIpc) is 2.79. The van der Waals surface area contributed by atoms with Crippen LogP contribution in [0.25, 0.3) is 0 Å². The predicted octanol–water partition coefficient (Wildman–Crippen LogP) is -2.58. The Balaban J connectivity index is 1.62. The van der Waals surface area contributed by atoms with E-state index in [1.165, 1.54) is 0 Å². The highest BCUT2D eigenvalue weighted by Crippen LogP contribution is 2.27. The number of aliphatic hydroxyl groups is 7. The summed E-state index contributed by atoms with van der Waals surface area (Å²) in [4.78, 5) is 0. The van der Waals surface area contributed by atoms with Gasteiger partial charge >= 0.3 is 0 Å². The van der Waals surface area contributed by atoms with Gasteiger partial charge in [-0.15, -0.1) is 6.58 Å². The van der Waals surface area contributed by atoms with Gasteiger partial charge in [0.15, 0.2) is 6.29 Å². The largest absolute Gasteiger partial charge is 0.462 e. The van der Waals surface area contributed by atoms with Gasteiger partial charge < -0.3 is 54.7 Å². The number of hydrogen-bond donors (Lipinski definition) is 7. The third-order valence-electron chi connectivity index (χ3n) is 5.50. The molecule has 2 aliphatic rings. The second kappa shape index (κ2) is 11.0. The van der Waals surface area contributed by atoms with E-state index in [0.717, 1.165) is 5.56 Å². The van der Waals surface area contributed by atoms with Crippen LogP contribution in [-0.4, -0.2) is 110 Å². The number of benzene rings is 1. The lowest BCUT2D eigenvalue weighted by atomic mass is 9.98. The van der Waals surface area contributed by atoms with E-state index in [1.807, 2.05) is 0 Å². The Hall–Kier alpha value is -1.64. The molecule has 0 amide bonds. The lowest BCUT2D eigenvalue weighted by molar-refractivity contribution is -0.323. The molecular weight excluding hydrogens is 428 g/mol. The van der Waals surface area contributed by atoms with Crippen molar-refractivity contribution in [1.82, 2.24) is 0 Å². The molecule has 0 radical (unpaired) electrons. The fourth-order valence-corrected chi connectivity index (χ4v) is 3.55. The number of ether oxygens (including phenoxy) is 4. The Bertz CT molecular complexity index is 727. The van der Waals surface area contributed by atoms with Gasteiger partial charge in [-0.3, -0.25) is 0 Å². The van der Waals surface area contributed by atoms with Crippen molar-refractivity contribution in [2.45, 2.75) is 67.8 Å². The zero-order valence-electron chi connectivity index (χ0n) is 17.3. The molecule has 0 unspecified atom stereocenters. The average molecular weight is 458 g/mol. The van der Waals surface area contributed by atoms with Gasteiger partial charge in [0.1, 0.15) is 54.6 Å². The topological polar surface area (TPSA) is 179 Å². The molecule has 11 heteroatoms. The Morgan fingerprint density at radius 1 is 0.781 bits per heavy atom. The highest BCUT2D eigenvalue weighted by atomic mass is 16.7. The van der Waals surface area contributed by atoms with Gasteiger partial charge in [-0.25, -0.2) is 0 Å². The Labute approximate surface area is 184 Å². The predicted molar refractivity (Wildman–Crippen MR) is 107 cm³/mol. The Kier molecular flexibility index (Phi) is 8.58. The summed E-state index contributed by atoms with van der Waals surface area (Å²) in [5, 5.41) is 69.7. The van der Waals surface area contributed by atoms with Crippen LogP contribution < -0.4 is 4.74 Å². The molecule has 0 bridgehead atoms. The summed E-state index contributed by atoms with van der Waals surface area (Å²) in [6.07, 6.45) is -12.2. The summed E-state index contributed by atoms with van der Waals surface area (Å²) in [6, 6.07) is 6.92. The van der Waals surface area contributed by atoms with E-state index in [-0.39, 0.29) is 0 Å². The fraction of sp³-hybridized carbons (Fsp3) is 0.619. The molecule has 0 aliphatic carbocycles. The highest BCUT2D eigenvalue weighted by Gasteiger charge is 2.47. The lowest BCUT2D eigenvalue weighted by Gasteiger charge is -2.42. The van der Waals surface area contributed by atoms with Crippen LogP contribution in [0.2, 0.25) is 0 Å². The van der Waals surface area contributed by atoms with Crippen LogP contribution in [0.5, 0.6) is 5.75 Å². The molecule has 180 valence electrons. The van der Waals surface area contributed by atoms with Crippen LogP contribution in [0.15, 0.2) is 36.9 Å². The van der Waals surface area contributed by atoms with Gasteiger partial charge in [0.2, 0.25) is 6.29 Å². The number of hydrogen-bond acceptors (Lipinski definition) is 11. The van der Waals surface area contributed by atoms with Gasteiger partial charge in [-0.2, -0.15) is 0 Å². The van der Waals surface area contributed by atoms with Crippen LogP contribution in [0, 0.1) is 0 Å². The molecule has 1 aromatic rings. The first-order valence-electron chi connectivity index (χ1n) is 10.2. The van der Waals surface area contributed by atoms with E-state index in [2.05, 4.69) is 6.58 Å². The minimum absolute atomic E-state index is 0.360. The summed E-state index contributed by atoms with van der Waals surface area (Å²) in [6.45, 7) is 2.62. The number of aliphatic hydroxyl groups excluding tert-OH is 7. The molecule has 0 saturated carbocycles. The summed E-state index contributed by atoms with van der Waals surface area (Å²) in [5.41, 5.74) is 0.999. The van der Waals surface area contributed by atoms with E-state index < -0.39 is 74.6 Å². The summed E-state index contributed by atoms with van der Waals surface area (Å²) >= 11 is 0. The summed E-state index contributed by atoms with van der Waals surface area (Å²) in [5.74, 6) is 0.360. The smallest absolute Gasteiger partial charge is 0.229 e. The molecule has 3 rings (SSSR count). The van der Waals surface area contributed by atoms with Crippen molar-refractivity contribution in [2.24, 2.45) is 0 Å². The third kappa shape index (κ3) is 5.46. The molecule has 0 aromatic heterocycles. The number of allylic oxidation sites excluding steroid dienone is 1. The summed E-state index contributed by atoms with van der Waals surface area (Å²) < 4.78 is 21.8. The Morgan fingerprint density at radius 3 is 1.94 bits per heavy atom. The molecule has 2 fully saturated rings. The third-order valence-corrected chi connectivity index (χ3v) is 5.50. The standard InChI is InChI=1S/C21H30O11/c1-2-3-10-4-6-11(7-5-10)30-21-19(28)17(26)15(24)13(32-21)9-29-20-18(27)16(25)14(23)12(8-22)31-20/h2,4-7,12-28H,1,3,8-9H2/t12-,13+,14-,15+,16-,17-,18+,19+,20-,21+/m1/s1. The van der Waals surface area contributed by atoms with E-state index in [4.69, 9.17) is 18.9 Å². The zero-order valence-corrected chi connectivity index (χ0v) is 17.3. The minimum atomic E-state index is -1.63. The second-order valence-electron chi connectivity index (χ2n) is 7.80. The molecule has 2 heterocycles. The van der Waals surface area contributed by atoms with Gasteiger partial charge in [0, 0.05) is 0 Å². The molecule has 0 spiro atoms. The van der Waals surface area contributed by atoms with Crippen molar-refractivity contribution >= 4 is 0 Å². The van der Waals surface area contributed by atoms with Gasteiger partial charge in [0.25, 0.3) is 0 Å². The van der Waals surface area contributed by atoms with Crippen molar-refractivity contribution in [2.75, 3.05) is 13.2 Å². The molecule has 7 N–H and O–H groups in total. The molecular formula is C21H30O11. The lowest BCUT2D eigenvalue weighted by Crippen LogP contribution is -2.62. The van der Waals surface area contributed by atoms with E-state index in [9.17, 15) is 35.7 Å². The Morgan fingerprint density at radius 2 is 1.34 bits per heavy atom. The van der Waals surface area contributed by atoms with Crippen molar-refractivity contribution in [1.29, 1.82) is 0 Å². The van der Waals surface area contributed by atoms with Crippen LogP contribution >= 0.6 is 0 Å². The monoisotopic (exact) mass is 458 g/mol. The minimum Gasteiger partial charge on any atom is -0.462 e. The van der Waals surface area contributed by atoms with Crippen molar-refractivity contribution in [3.05, 3.63) is 42.5 Å². The summed E-state index contributed by atoms with van der Waals surface area (Å²) in [7, 11) is 0. The van der Waals surface area contributed by atoms with Crippen LogP contribution in [0.4, 0.5) is 0 Å². The molecule has 11 nitrogen and oxygen atoms in total. The second-order valence-corrected chi connectivity index (χ2v) is 7.80. The molecule has 2 aliphatic heterocycles. The van der Waals surface area contributed by atoms with Crippen molar-refractivity contribution < 1.29 is 54.7 Å². The SMILES string of the molecule is C=CCc1ccc(O[C@H]2O[C@@H](CO[C@@H]3O[C@H](CO)[C@@H](O)[C@@H](O)[C@@H]3O)[C@H](O)[C@@H](O)[C@@H]2O)cc1. The maximum Gasteiger partial charge on any atom is 0.229 e. The van der Waals surface area contributed by atoms with E-state index in [0.29, 0.717) is 12.2 Å². The molecule has 2 saturated heterocycles. The molecule has 10 atom stereocenters. The van der Waals surface area contributed by atoms with E-state index >= 15 is 0 Å². The van der Waals surface area contributed by atoms with Gasteiger partial charge in [-0.05, 0) is 24.1 Å². The number of rotatable bonds is 8. The zero-order chi connectivity index (χ0) is 23.4. The van der Waals surface area contributed by atoms with Crippen LogP contribution in [0.1, 0.15) is 5.56 Å². The fourth-order valence-electron chi connectivity index (χ4n) is 3.55. The first kappa shape index (κ1) is 25.0. The van der Waals surface area contributed by atoms with Crippen LogP contribution in [-0.2, 0) is 20.6 Å². The van der Waals surface area contributed by atoms with Crippen molar-refractivity contribution in [3.8, 4) is 5.75 Å². The normalized spacial score (nSPS) is 40.1. The maximum absolute atomic E-state index is 10.3. The van der Waals surface area contributed by atoms with E-state index in [1.54, 1.807) is 30.3 Å². The highest BCUT2D eigenvalue weighted by molar-refractivity contribution is 5.28. The van der Waals surface area contributed by atoms with Gasteiger partial charge in [-0.1, -0.05) is 18.2 Å². The quantitative estimate of drug-likeness (QED) is 0.203. The molecule has 1 aromatic carbocycles. The molecule has 32 heavy (non-hydrogen) atoms. The van der Waals surface area contributed by atoms with Crippen LogP contribution in [0.3, 0.4) is 0 Å². The van der Waals surface area contributed by atoms with Crippen molar-refractivity contribution in [3.63, 3.8) is 0 Å². The first-order valence-corrected chi connectivity index (χ1v) is 10.2.